The second kappa shape index (κ2) is 5.37. The predicted molar refractivity (Wildman–Crippen MR) is 98.5 cm³/mol. The molecule has 1 aromatic carbocycles. The van der Waals surface area contributed by atoms with Gasteiger partial charge in [0.15, 0.2) is 0 Å². The van der Waals surface area contributed by atoms with Crippen molar-refractivity contribution in [1.82, 2.24) is 10.2 Å². The number of anilines is 1. The van der Waals surface area contributed by atoms with Gasteiger partial charge in [-0.15, -0.1) is 10.2 Å². The molecular weight excluding hydrogens is 330 g/mol. The molecule has 2 unspecified atom stereocenters. The van der Waals surface area contributed by atoms with Crippen LogP contribution in [0.25, 0.3) is 0 Å². The van der Waals surface area contributed by atoms with Crippen molar-refractivity contribution in [2.24, 2.45) is 17.3 Å². The lowest BCUT2D eigenvalue weighted by Crippen LogP contribution is -2.57. The molecule has 0 aliphatic heterocycles. The first-order valence-electron chi connectivity index (χ1n) is 9.22. The quantitative estimate of drug-likeness (QED) is 0.894. The van der Waals surface area contributed by atoms with E-state index in [2.05, 4.69) is 46.7 Å². The number of aryl methyl sites for hydroxylation is 1. The number of carbonyl (C=O) groups is 1. The molecule has 6 rings (SSSR count). The standard InChI is InChI=1S/C20H23N3OS/c1-13-2-4-16(5-3-13)19-7-14-6-15(8-19)10-20(9-14,11-19)17(24)22-18-23-21-12-25-18/h2-5,12,14-15H,6-11H2,1H3,(H,22,23,24)/t14-,15+,19?,20?. The highest BCUT2D eigenvalue weighted by Crippen LogP contribution is 2.66. The van der Waals surface area contributed by atoms with Gasteiger partial charge >= 0.3 is 0 Å². The molecule has 4 saturated carbocycles. The number of nitrogens with one attached hydrogen (secondary N) is 1. The van der Waals surface area contributed by atoms with Crippen molar-refractivity contribution < 1.29 is 4.79 Å². The fourth-order valence-corrected chi connectivity index (χ4v) is 6.67. The Morgan fingerprint density at radius 1 is 1.16 bits per heavy atom. The number of aromatic nitrogens is 2. The van der Waals surface area contributed by atoms with Crippen LogP contribution in [0.4, 0.5) is 5.13 Å². The van der Waals surface area contributed by atoms with E-state index in [-0.39, 0.29) is 16.7 Å². The van der Waals surface area contributed by atoms with Gasteiger partial charge in [0, 0.05) is 0 Å². The molecule has 4 bridgehead atoms. The monoisotopic (exact) mass is 353 g/mol. The SMILES string of the molecule is Cc1ccc(C23C[C@@H]4C[C@@H](CC(C(=O)Nc5nncs5)(C4)C2)C3)cc1. The highest BCUT2D eigenvalue weighted by atomic mass is 32.1. The van der Waals surface area contributed by atoms with Crippen LogP contribution in [-0.2, 0) is 10.2 Å². The van der Waals surface area contributed by atoms with Crippen molar-refractivity contribution in [3.8, 4) is 0 Å². The van der Waals surface area contributed by atoms with Gasteiger partial charge in [-0.05, 0) is 68.3 Å². The second-order valence-electron chi connectivity index (χ2n) is 8.59. The molecule has 0 saturated heterocycles. The van der Waals surface area contributed by atoms with Crippen LogP contribution >= 0.6 is 11.3 Å². The van der Waals surface area contributed by atoms with Gasteiger partial charge in [-0.3, -0.25) is 4.79 Å². The zero-order chi connectivity index (χ0) is 17.1. The summed E-state index contributed by atoms with van der Waals surface area (Å²) in [6.07, 6.45) is 6.88. The van der Waals surface area contributed by atoms with Crippen LogP contribution in [-0.4, -0.2) is 16.1 Å². The maximum Gasteiger partial charge on any atom is 0.232 e. The number of rotatable bonds is 3. The fourth-order valence-electron chi connectivity index (χ4n) is 6.23. The minimum atomic E-state index is -0.222. The third kappa shape index (κ3) is 2.43. The summed E-state index contributed by atoms with van der Waals surface area (Å²) in [6.45, 7) is 2.14. The zero-order valence-corrected chi connectivity index (χ0v) is 15.3. The minimum Gasteiger partial charge on any atom is -0.300 e. The van der Waals surface area contributed by atoms with Crippen molar-refractivity contribution >= 4 is 22.4 Å². The Kier molecular flexibility index (Phi) is 3.33. The van der Waals surface area contributed by atoms with E-state index in [1.165, 1.54) is 41.7 Å². The Bertz CT molecular complexity index is 785. The fraction of sp³-hybridized carbons (Fsp3) is 0.550. The van der Waals surface area contributed by atoms with Crippen LogP contribution in [0.2, 0.25) is 0 Å². The van der Waals surface area contributed by atoms with Crippen LogP contribution in [0.1, 0.15) is 49.7 Å². The number of benzene rings is 1. The van der Waals surface area contributed by atoms with Crippen molar-refractivity contribution in [3.05, 3.63) is 40.9 Å². The largest absolute Gasteiger partial charge is 0.300 e. The molecule has 4 fully saturated rings. The van der Waals surface area contributed by atoms with Crippen LogP contribution in [0.5, 0.6) is 0 Å². The van der Waals surface area contributed by atoms with E-state index in [0.29, 0.717) is 17.0 Å². The summed E-state index contributed by atoms with van der Waals surface area (Å²) in [6, 6.07) is 9.06. The number of nitrogens with zero attached hydrogens (tertiary/aromatic N) is 2. The molecule has 130 valence electrons. The molecule has 5 heteroatoms. The third-order valence-corrected chi connectivity index (χ3v) is 7.39. The van der Waals surface area contributed by atoms with E-state index in [4.69, 9.17) is 0 Å². The molecule has 4 aliphatic carbocycles. The predicted octanol–water partition coefficient (Wildman–Crippen LogP) is 4.32. The Morgan fingerprint density at radius 3 is 2.52 bits per heavy atom. The first kappa shape index (κ1) is 15.5. The second-order valence-corrected chi connectivity index (χ2v) is 9.42. The average Bonchev–Trinajstić information content (AvgIpc) is 3.07. The Labute approximate surface area is 152 Å². The van der Waals surface area contributed by atoms with Gasteiger partial charge in [-0.2, -0.15) is 0 Å². The lowest BCUT2D eigenvalue weighted by atomic mass is 9.42. The highest BCUT2D eigenvalue weighted by Gasteiger charge is 2.60. The number of amides is 1. The van der Waals surface area contributed by atoms with Gasteiger partial charge in [0.1, 0.15) is 5.51 Å². The summed E-state index contributed by atoms with van der Waals surface area (Å²) in [5.41, 5.74) is 4.39. The molecule has 4 aliphatic rings. The summed E-state index contributed by atoms with van der Waals surface area (Å²) in [4.78, 5) is 13.2. The first-order valence-corrected chi connectivity index (χ1v) is 10.1. The molecule has 2 aromatic rings. The zero-order valence-electron chi connectivity index (χ0n) is 14.5. The lowest BCUT2D eigenvalue weighted by molar-refractivity contribution is -0.143. The van der Waals surface area contributed by atoms with Gasteiger partial charge in [0.05, 0.1) is 5.41 Å². The molecule has 1 N–H and O–H groups in total. The van der Waals surface area contributed by atoms with Gasteiger partial charge < -0.3 is 5.32 Å². The van der Waals surface area contributed by atoms with E-state index < -0.39 is 0 Å². The average molecular weight is 353 g/mol. The molecule has 4 atom stereocenters. The molecule has 1 aromatic heterocycles. The lowest BCUT2D eigenvalue weighted by Gasteiger charge is -2.61. The molecule has 4 nitrogen and oxygen atoms in total. The van der Waals surface area contributed by atoms with E-state index in [1.54, 1.807) is 5.51 Å². The van der Waals surface area contributed by atoms with Crippen molar-refractivity contribution in [2.75, 3.05) is 5.32 Å². The van der Waals surface area contributed by atoms with Crippen LogP contribution in [0, 0.1) is 24.2 Å². The van der Waals surface area contributed by atoms with Crippen LogP contribution < -0.4 is 5.32 Å². The number of carbonyl (C=O) groups excluding carboxylic acids is 1. The van der Waals surface area contributed by atoms with Gasteiger partial charge in [-0.1, -0.05) is 41.2 Å². The smallest absolute Gasteiger partial charge is 0.232 e. The summed E-state index contributed by atoms with van der Waals surface area (Å²) in [5, 5.41) is 11.5. The topological polar surface area (TPSA) is 54.9 Å². The summed E-state index contributed by atoms with van der Waals surface area (Å²) in [7, 11) is 0. The van der Waals surface area contributed by atoms with Gasteiger partial charge in [0.25, 0.3) is 0 Å². The summed E-state index contributed by atoms with van der Waals surface area (Å²) < 4.78 is 0. The summed E-state index contributed by atoms with van der Waals surface area (Å²) in [5.74, 6) is 1.54. The minimum absolute atomic E-state index is 0.176. The maximum atomic E-state index is 13.2. The van der Waals surface area contributed by atoms with E-state index in [1.807, 2.05) is 0 Å². The van der Waals surface area contributed by atoms with Gasteiger partial charge in [-0.25, -0.2) is 0 Å². The highest BCUT2D eigenvalue weighted by molar-refractivity contribution is 7.13. The van der Waals surface area contributed by atoms with E-state index >= 15 is 0 Å². The van der Waals surface area contributed by atoms with Crippen LogP contribution in [0.15, 0.2) is 29.8 Å². The van der Waals surface area contributed by atoms with Crippen molar-refractivity contribution in [1.29, 1.82) is 0 Å². The summed E-state index contributed by atoms with van der Waals surface area (Å²) >= 11 is 1.40. The molecule has 25 heavy (non-hydrogen) atoms. The molecule has 1 amide bonds. The molecular formula is C20H23N3OS. The third-order valence-electron chi connectivity index (χ3n) is 6.79. The number of hydrogen-bond acceptors (Lipinski definition) is 4. The Morgan fingerprint density at radius 2 is 1.88 bits per heavy atom. The molecule has 1 heterocycles. The van der Waals surface area contributed by atoms with Crippen molar-refractivity contribution in [3.63, 3.8) is 0 Å². The first-order chi connectivity index (χ1) is 12.1. The van der Waals surface area contributed by atoms with Gasteiger partial charge in [0.2, 0.25) is 11.0 Å². The van der Waals surface area contributed by atoms with Crippen LogP contribution in [0.3, 0.4) is 0 Å². The Balaban J connectivity index is 1.50. The molecule has 0 spiro atoms. The van der Waals surface area contributed by atoms with E-state index in [0.717, 1.165) is 19.3 Å². The molecule has 0 radical (unpaired) electrons. The normalized spacial score (nSPS) is 35.7. The maximum absolute atomic E-state index is 13.2. The van der Waals surface area contributed by atoms with E-state index in [9.17, 15) is 4.79 Å². The number of hydrogen-bond donors (Lipinski definition) is 1. The Hall–Kier alpha value is -1.75. The van der Waals surface area contributed by atoms with Crippen molar-refractivity contribution in [2.45, 2.75) is 50.9 Å².